The molecule has 2 rings (SSSR count). The number of carbonyl (C=O) groups is 2. The van der Waals surface area contributed by atoms with Gasteiger partial charge in [0, 0.05) is 32.6 Å². The van der Waals surface area contributed by atoms with E-state index in [9.17, 15) is 14.7 Å². The van der Waals surface area contributed by atoms with Gasteiger partial charge in [-0.05, 0) is 7.05 Å². The normalized spacial score (nSPS) is 31.3. The Balaban J connectivity index is 1.83. The van der Waals surface area contributed by atoms with Crippen LogP contribution in [0.3, 0.4) is 0 Å². The third kappa shape index (κ3) is 3.59. The highest BCUT2D eigenvalue weighted by Gasteiger charge is 2.39. The molecule has 2 aliphatic heterocycles. The number of nitrogens with one attached hydrogen (secondary N) is 1. The van der Waals surface area contributed by atoms with Crippen molar-refractivity contribution in [3.63, 3.8) is 0 Å². The number of aliphatic carboxylic acids is 1. The molecule has 8 nitrogen and oxygen atoms in total. The molecule has 0 aliphatic carbocycles. The van der Waals surface area contributed by atoms with Crippen LogP contribution in [0.5, 0.6) is 0 Å². The second-order valence-corrected chi connectivity index (χ2v) is 5.34. The van der Waals surface area contributed by atoms with Gasteiger partial charge in [0.1, 0.15) is 6.04 Å². The average molecular weight is 287 g/mol. The smallest absolute Gasteiger partial charge is 0.326 e. The minimum Gasteiger partial charge on any atom is -0.480 e. The van der Waals surface area contributed by atoms with E-state index in [1.54, 1.807) is 0 Å². The standard InChI is InChI=1S/C12H21N3O5/c1-14-2-3-20-9(7-14)5-13-12(19)15-6-8(16)4-10(15)11(17)18/h8-10,16H,2-7H2,1H3,(H,13,19)(H,17,18)/t8-,9?,10+/m1/s1. The number of carboxylic acids is 1. The van der Waals surface area contributed by atoms with Crippen molar-refractivity contribution in [2.24, 2.45) is 0 Å². The lowest BCUT2D eigenvalue weighted by molar-refractivity contribution is -0.141. The van der Waals surface area contributed by atoms with Gasteiger partial charge < -0.3 is 30.1 Å². The summed E-state index contributed by atoms with van der Waals surface area (Å²) in [6.45, 7) is 2.60. The highest BCUT2D eigenvalue weighted by molar-refractivity contribution is 5.83. The predicted octanol–water partition coefficient (Wildman–Crippen LogP) is -1.45. The second kappa shape index (κ2) is 6.38. The maximum absolute atomic E-state index is 12.0. The number of morpholine rings is 1. The van der Waals surface area contributed by atoms with E-state index < -0.39 is 24.1 Å². The molecule has 0 radical (unpaired) electrons. The summed E-state index contributed by atoms with van der Waals surface area (Å²) in [7, 11) is 1.98. The van der Waals surface area contributed by atoms with Gasteiger partial charge in [-0.15, -0.1) is 0 Å². The van der Waals surface area contributed by atoms with E-state index in [1.165, 1.54) is 4.90 Å². The van der Waals surface area contributed by atoms with E-state index in [0.717, 1.165) is 13.1 Å². The lowest BCUT2D eigenvalue weighted by Crippen LogP contribution is -2.51. The first kappa shape index (κ1) is 15.0. The number of nitrogens with zero attached hydrogens (tertiary/aromatic N) is 2. The minimum absolute atomic E-state index is 0.0498. The molecule has 0 bridgehead atoms. The molecule has 0 aromatic carbocycles. The lowest BCUT2D eigenvalue weighted by Gasteiger charge is -2.31. The zero-order chi connectivity index (χ0) is 14.7. The molecule has 2 fully saturated rings. The van der Waals surface area contributed by atoms with Crippen LogP contribution in [0.15, 0.2) is 0 Å². The Morgan fingerprint density at radius 1 is 1.40 bits per heavy atom. The molecule has 0 saturated carbocycles. The van der Waals surface area contributed by atoms with Crippen LogP contribution in [0.4, 0.5) is 4.79 Å². The van der Waals surface area contributed by atoms with Gasteiger partial charge in [-0.1, -0.05) is 0 Å². The first-order valence-corrected chi connectivity index (χ1v) is 6.73. The predicted molar refractivity (Wildman–Crippen MR) is 69.4 cm³/mol. The Kier molecular flexibility index (Phi) is 4.79. The van der Waals surface area contributed by atoms with Gasteiger partial charge in [0.15, 0.2) is 0 Å². The maximum atomic E-state index is 12.0. The zero-order valence-corrected chi connectivity index (χ0v) is 11.5. The first-order valence-electron chi connectivity index (χ1n) is 6.73. The Bertz CT molecular complexity index is 378. The van der Waals surface area contributed by atoms with Crippen LogP contribution < -0.4 is 5.32 Å². The van der Waals surface area contributed by atoms with Crippen molar-refractivity contribution in [3.8, 4) is 0 Å². The topological polar surface area (TPSA) is 102 Å². The number of rotatable bonds is 3. The van der Waals surface area contributed by atoms with Crippen LogP contribution >= 0.6 is 0 Å². The van der Waals surface area contributed by atoms with Crippen molar-refractivity contribution >= 4 is 12.0 Å². The van der Waals surface area contributed by atoms with Gasteiger partial charge in [0.2, 0.25) is 0 Å². The van der Waals surface area contributed by atoms with E-state index in [4.69, 9.17) is 9.84 Å². The number of β-amino-alcohol motifs (C(OH)–C–C–N with tert-alkyl or cyclic N) is 1. The molecule has 2 amide bonds. The molecule has 0 aromatic rings. The number of urea groups is 1. The van der Waals surface area contributed by atoms with Crippen LogP contribution in [0.25, 0.3) is 0 Å². The third-order valence-electron chi connectivity index (χ3n) is 3.65. The summed E-state index contributed by atoms with van der Waals surface area (Å²) in [4.78, 5) is 26.3. The quantitative estimate of drug-likeness (QED) is 0.587. The molecule has 0 spiro atoms. The summed E-state index contributed by atoms with van der Waals surface area (Å²) in [5.41, 5.74) is 0. The minimum atomic E-state index is -1.09. The number of likely N-dealkylation sites (tertiary alicyclic amines) is 1. The SMILES string of the molecule is CN1CCOC(CNC(=O)N2C[C@H](O)C[C@H]2C(=O)O)C1. The monoisotopic (exact) mass is 287 g/mol. The van der Waals surface area contributed by atoms with Crippen molar-refractivity contribution in [2.75, 3.05) is 39.8 Å². The number of amides is 2. The molecule has 2 aliphatic rings. The second-order valence-electron chi connectivity index (χ2n) is 5.34. The number of carboxylic acid groups (broad SMARTS) is 1. The van der Waals surface area contributed by atoms with Crippen molar-refractivity contribution in [1.29, 1.82) is 0 Å². The molecule has 3 N–H and O–H groups in total. The Morgan fingerprint density at radius 3 is 2.80 bits per heavy atom. The van der Waals surface area contributed by atoms with Gasteiger partial charge in [0.25, 0.3) is 0 Å². The molecule has 20 heavy (non-hydrogen) atoms. The molecule has 0 aromatic heterocycles. The molecule has 1 unspecified atom stereocenters. The van der Waals surface area contributed by atoms with Crippen LogP contribution in [0.1, 0.15) is 6.42 Å². The number of likely N-dealkylation sites (N-methyl/N-ethyl adjacent to an activating group) is 1. The van der Waals surface area contributed by atoms with Crippen LogP contribution in [0, 0.1) is 0 Å². The Labute approximate surface area is 117 Å². The molecular weight excluding hydrogens is 266 g/mol. The number of hydrogen-bond acceptors (Lipinski definition) is 5. The van der Waals surface area contributed by atoms with Crippen molar-refractivity contribution in [3.05, 3.63) is 0 Å². The summed E-state index contributed by atoms with van der Waals surface area (Å²) < 4.78 is 5.52. The van der Waals surface area contributed by atoms with E-state index in [2.05, 4.69) is 10.2 Å². The van der Waals surface area contributed by atoms with Crippen LogP contribution in [0.2, 0.25) is 0 Å². The summed E-state index contributed by atoms with van der Waals surface area (Å²) in [6, 6.07) is -1.43. The number of hydrogen-bond donors (Lipinski definition) is 3. The number of ether oxygens (including phenoxy) is 1. The summed E-state index contributed by atoms with van der Waals surface area (Å²) >= 11 is 0. The summed E-state index contributed by atoms with van der Waals surface area (Å²) in [6.07, 6.45) is -0.793. The van der Waals surface area contributed by atoms with Gasteiger partial charge in [-0.25, -0.2) is 9.59 Å². The van der Waals surface area contributed by atoms with Crippen molar-refractivity contribution < 1.29 is 24.5 Å². The van der Waals surface area contributed by atoms with E-state index in [-0.39, 0.29) is 19.1 Å². The number of carbonyl (C=O) groups excluding carboxylic acids is 1. The van der Waals surface area contributed by atoms with E-state index in [1.807, 2.05) is 7.05 Å². The summed E-state index contributed by atoms with van der Waals surface area (Å²) in [5, 5.41) is 21.2. The Hall–Kier alpha value is -1.38. The van der Waals surface area contributed by atoms with Crippen molar-refractivity contribution in [1.82, 2.24) is 15.1 Å². The average Bonchev–Trinajstić information content (AvgIpc) is 2.78. The van der Waals surface area contributed by atoms with Crippen molar-refractivity contribution in [2.45, 2.75) is 24.7 Å². The molecule has 8 heteroatoms. The van der Waals surface area contributed by atoms with Gasteiger partial charge in [-0.2, -0.15) is 0 Å². The first-order chi connectivity index (χ1) is 9.47. The molecule has 2 heterocycles. The van der Waals surface area contributed by atoms with Gasteiger partial charge in [0.05, 0.1) is 18.8 Å². The largest absolute Gasteiger partial charge is 0.480 e. The van der Waals surface area contributed by atoms with E-state index >= 15 is 0 Å². The maximum Gasteiger partial charge on any atom is 0.326 e. The number of aliphatic hydroxyl groups is 1. The number of aliphatic hydroxyl groups excluding tert-OH is 1. The third-order valence-corrected chi connectivity index (χ3v) is 3.65. The lowest BCUT2D eigenvalue weighted by atomic mass is 10.2. The molecule has 2 saturated heterocycles. The Morgan fingerprint density at radius 2 is 2.15 bits per heavy atom. The van der Waals surface area contributed by atoms with Crippen LogP contribution in [-0.2, 0) is 9.53 Å². The van der Waals surface area contributed by atoms with Gasteiger partial charge >= 0.3 is 12.0 Å². The fourth-order valence-corrected chi connectivity index (χ4v) is 2.57. The summed E-state index contributed by atoms with van der Waals surface area (Å²) in [5.74, 6) is -1.09. The highest BCUT2D eigenvalue weighted by atomic mass is 16.5. The van der Waals surface area contributed by atoms with E-state index in [0.29, 0.717) is 13.2 Å². The molecule has 3 atom stereocenters. The molecular formula is C12H21N3O5. The molecule has 114 valence electrons. The fraction of sp³-hybridized carbons (Fsp3) is 0.833. The van der Waals surface area contributed by atoms with Crippen LogP contribution in [-0.4, -0.2) is 90.1 Å². The highest BCUT2D eigenvalue weighted by Crippen LogP contribution is 2.18. The van der Waals surface area contributed by atoms with Gasteiger partial charge in [-0.3, -0.25) is 0 Å². The zero-order valence-electron chi connectivity index (χ0n) is 11.5. The fourth-order valence-electron chi connectivity index (χ4n) is 2.57.